The van der Waals surface area contributed by atoms with E-state index in [0.717, 1.165) is 29.3 Å². The maximum absolute atomic E-state index is 12.9. The lowest BCUT2D eigenvalue weighted by molar-refractivity contribution is -0.137. The summed E-state index contributed by atoms with van der Waals surface area (Å²) in [5.41, 5.74) is 1.21. The molecular formula is C23H16F3N3O3. The first-order valence-corrected chi connectivity index (χ1v) is 9.41. The van der Waals surface area contributed by atoms with Crippen molar-refractivity contribution >= 4 is 11.9 Å². The molecule has 0 radical (unpaired) electrons. The zero-order chi connectivity index (χ0) is 22.7. The maximum Gasteiger partial charge on any atom is 0.416 e. The van der Waals surface area contributed by atoms with Crippen molar-refractivity contribution in [3.8, 4) is 28.3 Å². The van der Waals surface area contributed by atoms with Crippen molar-refractivity contribution in [1.82, 2.24) is 10.2 Å². The molecule has 0 saturated heterocycles. The van der Waals surface area contributed by atoms with Crippen LogP contribution in [0.2, 0.25) is 0 Å². The van der Waals surface area contributed by atoms with Crippen molar-refractivity contribution in [3.05, 3.63) is 83.9 Å². The van der Waals surface area contributed by atoms with Crippen molar-refractivity contribution in [2.75, 3.05) is 12.4 Å². The minimum absolute atomic E-state index is 0.140. The van der Waals surface area contributed by atoms with E-state index in [4.69, 9.17) is 9.15 Å². The van der Waals surface area contributed by atoms with E-state index in [1.54, 1.807) is 13.2 Å². The fourth-order valence-corrected chi connectivity index (χ4v) is 3.10. The molecule has 0 saturated carbocycles. The van der Waals surface area contributed by atoms with E-state index in [1.165, 1.54) is 6.07 Å². The van der Waals surface area contributed by atoms with Gasteiger partial charge in [0.1, 0.15) is 5.75 Å². The van der Waals surface area contributed by atoms with Crippen LogP contribution in [0.5, 0.6) is 5.75 Å². The second kappa shape index (κ2) is 8.54. The summed E-state index contributed by atoms with van der Waals surface area (Å²) in [4.78, 5) is 12.3. The van der Waals surface area contributed by atoms with Crippen LogP contribution >= 0.6 is 0 Å². The first kappa shape index (κ1) is 21.1. The van der Waals surface area contributed by atoms with Gasteiger partial charge in [0.25, 0.3) is 5.91 Å². The van der Waals surface area contributed by atoms with Crippen LogP contribution in [0.3, 0.4) is 0 Å². The Morgan fingerprint density at radius 1 is 0.938 bits per heavy atom. The molecule has 0 aliphatic rings. The number of nitrogens with zero attached hydrogens (tertiary/aromatic N) is 2. The van der Waals surface area contributed by atoms with Crippen LogP contribution in [0.15, 0.2) is 77.2 Å². The number of amides is 1. The highest BCUT2D eigenvalue weighted by Crippen LogP contribution is 2.33. The van der Waals surface area contributed by atoms with Crippen LogP contribution in [-0.2, 0) is 6.18 Å². The van der Waals surface area contributed by atoms with Gasteiger partial charge >= 0.3 is 12.2 Å². The Kier molecular flexibility index (Phi) is 5.63. The second-order valence-corrected chi connectivity index (χ2v) is 6.73. The van der Waals surface area contributed by atoms with Crippen molar-refractivity contribution in [2.24, 2.45) is 0 Å². The zero-order valence-corrected chi connectivity index (χ0v) is 16.7. The van der Waals surface area contributed by atoms with Gasteiger partial charge in [0.05, 0.1) is 12.7 Å². The van der Waals surface area contributed by atoms with Gasteiger partial charge in [0.2, 0.25) is 5.89 Å². The van der Waals surface area contributed by atoms with Gasteiger partial charge in [-0.15, -0.1) is 5.10 Å². The zero-order valence-electron chi connectivity index (χ0n) is 16.7. The number of hydrogen-bond acceptors (Lipinski definition) is 5. The molecule has 32 heavy (non-hydrogen) atoms. The van der Waals surface area contributed by atoms with Gasteiger partial charge in [-0.05, 0) is 42.0 Å². The SMILES string of the molecule is COc1ccccc1-c1cccc(-c2nnc(NC(=O)c3cccc(C(F)(F)F)c3)o2)c1. The van der Waals surface area contributed by atoms with Crippen molar-refractivity contribution in [1.29, 1.82) is 0 Å². The van der Waals surface area contributed by atoms with Crippen LogP contribution in [0.4, 0.5) is 19.2 Å². The molecule has 0 spiro atoms. The van der Waals surface area contributed by atoms with Crippen molar-refractivity contribution in [3.63, 3.8) is 0 Å². The van der Waals surface area contributed by atoms with E-state index in [1.807, 2.05) is 42.5 Å². The standard InChI is InChI=1S/C23H16F3N3O3/c1-31-19-11-3-2-10-18(19)14-6-4-8-16(12-14)21-28-29-22(32-21)27-20(30)15-7-5-9-17(13-15)23(24,25)26/h2-13H,1H3,(H,27,29,30). The number of carbonyl (C=O) groups excluding carboxylic acids is 1. The monoisotopic (exact) mass is 439 g/mol. The largest absolute Gasteiger partial charge is 0.496 e. The minimum atomic E-state index is -4.56. The van der Waals surface area contributed by atoms with Crippen molar-refractivity contribution in [2.45, 2.75) is 6.18 Å². The van der Waals surface area contributed by atoms with Gasteiger partial charge in [-0.2, -0.15) is 13.2 Å². The molecule has 0 unspecified atom stereocenters. The number of hydrogen-bond donors (Lipinski definition) is 1. The molecule has 1 heterocycles. The Bertz CT molecular complexity index is 1270. The Balaban J connectivity index is 1.55. The topological polar surface area (TPSA) is 77.3 Å². The first-order valence-electron chi connectivity index (χ1n) is 9.41. The van der Waals surface area contributed by atoms with Gasteiger partial charge in [-0.25, -0.2) is 0 Å². The van der Waals surface area contributed by atoms with E-state index in [-0.39, 0.29) is 17.5 Å². The van der Waals surface area contributed by atoms with Gasteiger partial charge in [0.15, 0.2) is 0 Å². The van der Waals surface area contributed by atoms with Gasteiger partial charge in [-0.3, -0.25) is 10.1 Å². The summed E-state index contributed by atoms with van der Waals surface area (Å²) in [7, 11) is 1.58. The minimum Gasteiger partial charge on any atom is -0.496 e. The number of carbonyl (C=O) groups is 1. The molecule has 0 aliphatic heterocycles. The molecule has 4 aromatic rings. The summed E-state index contributed by atoms with van der Waals surface area (Å²) in [5, 5.41) is 10.0. The van der Waals surface area contributed by atoms with E-state index in [2.05, 4.69) is 15.5 Å². The predicted molar refractivity (Wildman–Crippen MR) is 111 cm³/mol. The average Bonchev–Trinajstić information content (AvgIpc) is 3.27. The van der Waals surface area contributed by atoms with Crippen LogP contribution in [-0.4, -0.2) is 23.2 Å². The lowest BCUT2D eigenvalue weighted by Gasteiger charge is -2.09. The molecule has 0 atom stereocenters. The Morgan fingerprint density at radius 3 is 2.47 bits per heavy atom. The van der Waals surface area contributed by atoms with Gasteiger partial charge in [0, 0.05) is 16.7 Å². The van der Waals surface area contributed by atoms with E-state index in [9.17, 15) is 18.0 Å². The van der Waals surface area contributed by atoms with Crippen LogP contribution in [0.25, 0.3) is 22.6 Å². The molecule has 0 bridgehead atoms. The maximum atomic E-state index is 12.9. The molecule has 1 N–H and O–H groups in total. The second-order valence-electron chi connectivity index (χ2n) is 6.73. The lowest BCUT2D eigenvalue weighted by atomic mass is 10.0. The summed E-state index contributed by atoms with van der Waals surface area (Å²) >= 11 is 0. The fraction of sp³-hybridized carbons (Fsp3) is 0.0870. The number of methoxy groups -OCH3 is 1. The normalized spacial score (nSPS) is 11.2. The number of ether oxygens (including phenoxy) is 1. The summed E-state index contributed by atoms with van der Waals surface area (Å²) in [6.07, 6.45) is -4.56. The number of aromatic nitrogens is 2. The number of halogens is 3. The van der Waals surface area contributed by atoms with Crippen LogP contribution in [0, 0.1) is 0 Å². The molecular weight excluding hydrogens is 423 g/mol. The molecule has 1 aromatic heterocycles. The Labute approximate surface area is 180 Å². The predicted octanol–water partition coefficient (Wildman–Crippen LogP) is 5.68. The number of benzene rings is 3. The van der Waals surface area contributed by atoms with Crippen LogP contribution < -0.4 is 10.1 Å². The molecule has 9 heteroatoms. The third-order valence-electron chi connectivity index (χ3n) is 4.63. The highest BCUT2D eigenvalue weighted by molar-refractivity contribution is 6.03. The highest BCUT2D eigenvalue weighted by atomic mass is 19.4. The summed E-state index contributed by atoms with van der Waals surface area (Å²) in [6.45, 7) is 0. The highest BCUT2D eigenvalue weighted by Gasteiger charge is 2.31. The number of rotatable bonds is 5. The van der Waals surface area contributed by atoms with Crippen molar-refractivity contribution < 1.29 is 27.1 Å². The third-order valence-corrected chi connectivity index (χ3v) is 4.63. The number of alkyl halides is 3. The summed E-state index contributed by atoms with van der Waals surface area (Å²) < 4.78 is 49.5. The molecule has 6 nitrogen and oxygen atoms in total. The number of anilines is 1. The molecule has 0 aliphatic carbocycles. The van der Waals surface area contributed by atoms with E-state index in [0.29, 0.717) is 11.3 Å². The molecule has 162 valence electrons. The van der Waals surface area contributed by atoms with Gasteiger partial charge in [-0.1, -0.05) is 41.5 Å². The first-order chi connectivity index (χ1) is 15.3. The Morgan fingerprint density at radius 2 is 1.69 bits per heavy atom. The Hall–Kier alpha value is -4.14. The molecule has 0 fully saturated rings. The van der Waals surface area contributed by atoms with Crippen LogP contribution in [0.1, 0.15) is 15.9 Å². The summed E-state index contributed by atoms with van der Waals surface area (Å²) in [6, 6.07) is 18.6. The number of para-hydroxylation sites is 1. The van der Waals surface area contributed by atoms with E-state index < -0.39 is 17.6 Å². The third kappa shape index (κ3) is 4.46. The molecule has 1 amide bonds. The summed E-state index contributed by atoms with van der Waals surface area (Å²) in [5.74, 6) is 0.0411. The molecule has 4 rings (SSSR count). The smallest absolute Gasteiger partial charge is 0.416 e. The fourth-order valence-electron chi connectivity index (χ4n) is 3.10. The van der Waals surface area contributed by atoms with E-state index >= 15 is 0 Å². The average molecular weight is 439 g/mol. The lowest BCUT2D eigenvalue weighted by Crippen LogP contribution is -2.14. The molecule has 3 aromatic carbocycles. The number of nitrogens with one attached hydrogen (secondary N) is 1. The van der Waals surface area contributed by atoms with Gasteiger partial charge < -0.3 is 9.15 Å². The quantitative estimate of drug-likeness (QED) is 0.433.